The molecule has 3 heterocycles. The number of anilines is 2. The van der Waals surface area contributed by atoms with Gasteiger partial charge in [0, 0.05) is 49.9 Å². The van der Waals surface area contributed by atoms with E-state index in [1.54, 1.807) is 6.07 Å². The molecule has 2 amide bonds. The standard InChI is InChI=1S/C22H26N4O2/c27-21(17-14-18(16-23-15-17)22(28)26-12-4-5-13-26)24-19-6-8-20(9-7-19)25-10-2-1-3-11-25/h6-9,14-16H,1-5,10-13H2,(H,24,27). The van der Waals surface area contributed by atoms with Crippen LogP contribution in [0.5, 0.6) is 0 Å². The smallest absolute Gasteiger partial charge is 0.257 e. The highest BCUT2D eigenvalue weighted by Crippen LogP contribution is 2.22. The second-order valence-corrected chi connectivity index (χ2v) is 7.51. The van der Waals surface area contributed by atoms with Crippen molar-refractivity contribution in [3.8, 4) is 0 Å². The van der Waals surface area contributed by atoms with E-state index < -0.39 is 0 Å². The van der Waals surface area contributed by atoms with Crippen LogP contribution in [0.4, 0.5) is 11.4 Å². The molecule has 6 heteroatoms. The second kappa shape index (κ2) is 8.42. The van der Waals surface area contributed by atoms with Gasteiger partial charge in [-0.15, -0.1) is 0 Å². The van der Waals surface area contributed by atoms with Crippen LogP contribution in [0, 0.1) is 0 Å². The Balaban J connectivity index is 1.42. The first-order chi connectivity index (χ1) is 13.7. The van der Waals surface area contributed by atoms with Crippen molar-refractivity contribution in [2.75, 3.05) is 36.4 Å². The summed E-state index contributed by atoms with van der Waals surface area (Å²) in [6.07, 6.45) is 8.87. The van der Waals surface area contributed by atoms with Gasteiger partial charge in [0.15, 0.2) is 0 Å². The molecular formula is C22H26N4O2. The van der Waals surface area contributed by atoms with Crippen LogP contribution in [-0.4, -0.2) is 47.9 Å². The number of piperidine rings is 1. The van der Waals surface area contributed by atoms with Crippen molar-refractivity contribution < 1.29 is 9.59 Å². The van der Waals surface area contributed by atoms with E-state index in [4.69, 9.17) is 0 Å². The molecule has 2 aromatic rings. The topological polar surface area (TPSA) is 65.5 Å². The van der Waals surface area contributed by atoms with Gasteiger partial charge in [-0.25, -0.2) is 0 Å². The number of aromatic nitrogens is 1. The predicted molar refractivity (Wildman–Crippen MR) is 110 cm³/mol. The Bertz CT molecular complexity index is 838. The highest BCUT2D eigenvalue weighted by molar-refractivity contribution is 6.05. The summed E-state index contributed by atoms with van der Waals surface area (Å²) in [6, 6.07) is 9.58. The fourth-order valence-electron chi connectivity index (χ4n) is 3.89. The zero-order valence-electron chi connectivity index (χ0n) is 16.1. The molecule has 0 unspecified atom stereocenters. The summed E-state index contributed by atoms with van der Waals surface area (Å²) in [6.45, 7) is 3.74. The maximum atomic E-state index is 12.6. The van der Waals surface area contributed by atoms with Crippen molar-refractivity contribution >= 4 is 23.2 Å². The van der Waals surface area contributed by atoms with Crippen LogP contribution < -0.4 is 10.2 Å². The minimum Gasteiger partial charge on any atom is -0.372 e. The molecular weight excluding hydrogens is 352 g/mol. The van der Waals surface area contributed by atoms with Gasteiger partial charge >= 0.3 is 0 Å². The van der Waals surface area contributed by atoms with Crippen molar-refractivity contribution in [1.82, 2.24) is 9.88 Å². The van der Waals surface area contributed by atoms with E-state index >= 15 is 0 Å². The molecule has 1 aromatic carbocycles. The lowest BCUT2D eigenvalue weighted by atomic mass is 10.1. The van der Waals surface area contributed by atoms with Crippen molar-refractivity contribution in [3.63, 3.8) is 0 Å². The Hall–Kier alpha value is -2.89. The number of amides is 2. The third-order valence-electron chi connectivity index (χ3n) is 5.49. The highest BCUT2D eigenvalue weighted by atomic mass is 16.2. The molecule has 146 valence electrons. The summed E-state index contributed by atoms with van der Waals surface area (Å²) < 4.78 is 0. The number of nitrogens with zero attached hydrogens (tertiary/aromatic N) is 3. The highest BCUT2D eigenvalue weighted by Gasteiger charge is 2.21. The minimum absolute atomic E-state index is 0.0504. The van der Waals surface area contributed by atoms with E-state index in [1.807, 2.05) is 29.2 Å². The van der Waals surface area contributed by atoms with E-state index in [0.29, 0.717) is 11.1 Å². The van der Waals surface area contributed by atoms with Crippen LogP contribution in [0.1, 0.15) is 52.8 Å². The van der Waals surface area contributed by atoms with Gasteiger partial charge in [-0.05, 0) is 62.4 Å². The lowest BCUT2D eigenvalue weighted by molar-refractivity contribution is 0.0792. The number of carbonyl (C=O) groups is 2. The zero-order valence-corrected chi connectivity index (χ0v) is 16.1. The third kappa shape index (κ3) is 4.16. The zero-order chi connectivity index (χ0) is 19.3. The molecule has 28 heavy (non-hydrogen) atoms. The molecule has 0 aliphatic carbocycles. The number of hydrogen-bond acceptors (Lipinski definition) is 4. The molecule has 2 aliphatic rings. The molecule has 6 nitrogen and oxygen atoms in total. The van der Waals surface area contributed by atoms with Crippen LogP contribution in [0.3, 0.4) is 0 Å². The van der Waals surface area contributed by atoms with Gasteiger partial charge in [-0.2, -0.15) is 0 Å². The lowest BCUT2D eigenvalue weighted by Gasteiger charge is -2.28. The van der Waals surface area contributed by atoms with Crippen molar-refractivity contribution in [1.29, 1.82) is 0 Å². The van der Waals surface area contributed by atoms with Gasteiger partial charge < -0.3 is 15.1 Å². The second-order valence-electron chi connectivity index (χ2n) is 7.51. The summed E-state index contributed by atoms with van der Waals surface area (Å²) in [7, 11) is 0. The van der Waals surface area contributed by atoms with E-state index in [2.05, 4.69) is 15.2 Å². The van der Waals surface area contributed by atoms with Gasteiger partial charge in [0.2, 0.25) is 0 Å². The number of pyridine rings is 1. The van der Waals surface area contributed by atoms with E-state index in [1.165, 1.54) is 37.3 Å². The molecule has 0 spiro atoms. The Morgan fingerprint density at radius 1 is 0.821 bits per heavy atom. The lowest BCUT2D eigenvalue weighted by Crippen LogP contribution is -2.29. The third-order valence-corrected chi connectivity index (χ3v) is 5.49. The summed E-state index contributed by atoms with van der Waals surface area (Å²) in [5, 5.41) is 2.90. The van der Waals surface area contributed by atoms with Crippen LogP contribution in [0.2, 0.25) is 0 Å². The molecule has 1 aromatic heterocycles. The Labute approximate surface area is 165 Å². The maximum Gasteiger partial charge on any atom is 0.257 e. The Kier molecular flexibility index (Phi) is 5.55. The maximum absolute atomic E-state index is 12.6. The van der Waals surface area contributed by atoms with E-state index in [0.717, 1.165) is 44.7 Å². The number of nitrogens with one attached hydrogen (secondary N) is 1. The molecule has 2 fully saturated rings. The minimum atomic E-state index is -0.255. The Morgan fingerprint density at radius 3 is 2.18 bits per heavy atom. The van der Waals surface area contributed by atoms with Crippen molar-refractivity contribution in [2.45, 2.75) is 32.1 Å². The molecule has 2 saturated heterocycles. The molecule has 0 bridgehead atoms. The van der Waals surface area contributed by atoms with Crippen LogP contribution in [0.15, 0.2) is 42.7 Å². The molecule has 2 aliphatic heterocycles. The monoisotopic (exact) mass is 378 g/mol. The number of hydrogen-bond donors (Lipinski definition) is 1. The van der Waals surface area contributed by atoms with Gasteiger partial charge in [0.25, 0.3) is 11.8 Å². The largest absolute Gasteiger partial charge is 0.372 e. The summed E-state index contributed by atoms with van der Waals surface area (Å²) >= 11 is 0. The first-order valence-electron chi connectivity index (χ1n) is 10.1. The Morgan fingerprint density at radius 2 is 1.46 bits per heavy atom. The summed E-state index contributed by atoms with van der Waals surface area (Å²) in [4.78, 5) is 33.4. The van der Waals surface area contributed by atoms with Gasteiger partial charge in [-0.3, -0.25) is 14.6 Å². The number of carbonyl (C=O) groups excluding carboxylic acids is 2. The van der Waals surface area contributed by atoms with Crippen molar-refractivity contribution in [2.24, 2.45) is 0 Å². The normalized spacial score (nSPS) is 16.9. The number of benzene rings is 1. The molecule has 4 rings (SSSR count). The van der Waals surface area contributed by atoms with Crippen LogP contribution >= 0.6 is 0 Å². The number of rotatable bonds is 4. The SMILES string of the molecule is O=C(Nc1ccc(N2CCCCC2)cc1)c1cncc(C(=O)N2CCCC2)c1. The predicted octanol–water partition coefficient (Wildman–Crippen LogP) is 3.56. The van der Waals surface area contributed by atoms with Gasteiger partial charge in [0.1, 0.15) is 0 Å². The van der Waals surface area contributed by atoms with E-state index in [9.17, 15) is 9.59 Å². The molecule has 0 atom stereocenters. The first-order valence-corrected chi connectivity index (χ1v) is 10.1. The fourth-order valence-corrected chi connectivity index (χ4v) is 3.89. The van der Waals surface area contributed by atoms with E-state index in [-0.39, 0.29) is 11.8 Å². The summed E-state index contributed by atoms with van der Waals surface area (Å²) in [5.74, 6) is -0.306. The van der Waals surface area contributed by atoms with Gasteiger partial charge in [0.05, 0.1) is 11.1 Å². The fraction of sp³-hybridized carbons (Fsp3) is 0.409. The average molecular weight is 378 g/mol. The van der Waals surface area contributed by atoms with Crippen molar-refractivity contribution in [3.05, 3.63) is 53.9 Å². The van der Waals surface area contributed by atoms with Crippen LogP contribution in [-0.2, 0) is 0 Å². The van der Waals surface area contributed by atoms with Crippen LogP contribution in [0.25, 0.3) is 0 Å². The number of likely N-dealkylation sites (tertiary alicyclic amines) is 1. The average Bonchev–Trinajstić information content (AvgIpc) is 3.29. The summed E-state index contributed by atoms with van der Waals surface area (Å²) in [5.41, 5.74) is 2.79. The van der Waals surface area contributed by atoms with Gasteiger partial charge in [-0.1, -0.05) is 0 Å². The quantitative estimate of drug-likeness (QED) is 0.883. The molecule has 0 saturated carbocycles. The first kappa shape index (κ1) is 18.5. The molecule has 0 radical (unpaired) electrons. The molecule has 1 N–H and O–H groups in total.